The number of ether oxygens (including phenoxy) is 1. The molecule has 19 heavy (non-hydrogen) atoms. The summed E-state index contributed by atoms with van der Waals surface area (Å²) in [7, 11) is 0. The van der Waals surface area contributed by atoms with Crippen molar-refractivity contribution in [1.82, 2.24) is 5.32 Å². The van der Waals surface area contributed by atoms with E-state index in [1.54, 1.807) is 0 Å². The number of benzene rings is 1. The van der Waals surface area contributed by atoms with Crippen LogP contribution >= 0.6 is 11.6 Å². The molecule has 2 nitrogen and oxygen atoms in total. The van der Waals surface area contributed by atoms with Gasteiger partial charge in [-0.3, -0.25) is 0 Å². The Balaban J connectivity index is 1.46. The molecular weight excluding hydrogens is 258 g/mol. The van der Waals surface area contributed by atoms with Gasteiger partial charge in [-0.25, -0.2) is 0 Å². The van der Waals surface area contributed by atoms with Crippen LogP contribution in [0.5, 0.6) is 0 Å². The second-order valence-corrected chi connectivity index (χ2v) is 6.42. The predicted molar refractivity (Wildman–Crippen MR) is 78.8 cm³/mol. The van der Waals surface area contributed by atoms with Crippen LogP contribution in [-0.2, 0) is 4.74 Å². The minimum Gasteiger partial charge on any atom is -0.378 e. The Morgan fingerprint density at radius 1 is 1.11 bits per heavy atom. The molecule has 1 aliphatic heterocycles. The average Bonchev–Trinajstić information content (AvgIpc) is 2.35. The summed E-state index contributed by atoms with van der Waals surface area (Å²) in [5.74, 6) is 0.715. The Morgan fingerprint density at radius 3 is 2.53 bits per heavy atom. The van der Waals surface area contributed by atoms with Crippen molar-refractivity contribution in [1.29, 1.82) is 0 Å². The molecule has 1 N–H and O–H groups in total. The molecule has 3 rings (SSSR count). The van der Waals surface area contributed by atoms with Gasteiger partial charge < -0.3 is 10.1 Å². The van der Waals surface area contributed by atoms with Crippen LogP contribution in [0.15, 0.2) is 24.3 Å². The quantitative estimate of drug-likeness (QED) is 0.910. The van der Waals surface area contributed by atoms with E-state index in [1.807, 2.05) is 12.1 Å². The normalized spacial score (nSPS) is 34.8. The van der Waals surface area contributed by atoms with Gasteiger partial charge >= 0.3 is 0 Å². The first kappa shape index (κ1) is 13.4. The third-order valence-corrected chi connectivity index (χ3v) is 4.69. The van der Waals surface area contributed by atoms with Crippen LogP contribution in [0.2, 0.25) is 5.02 Å². The summed E-state index contributed by atoms with van der Waals surface area (Å²) in [6.45, 7) is 3.08. The third-order valence-electron chi connectivity index (χ3n) is 4.44. The number of hydrogen-bond donors (Lipinski definition) is 1. The van der Waals surface area contributed by atoms with Crippen LogP contribution < -0.4 is 5.32 Å². The van der Waals surface area contributed by atoms with Gasteiger partial charge in [0.2, 0.25) is 0 Å². The maximum Gasteiger partial charge on any atom is 0.0561 e. The molecule has 0 radical (unpaired) electrons. The van der Waals surface area contributed by atoms with E-state index in [-0.39, 0.29) is 0 Å². The van der Waals surface area contributed by atoms with Gasteiger partial charge in [0.05, 0.1) is 6.10 Å². The molecule has 2 aliphatic rings. The van der Waals surface area contributed by atoms with Crippen LogP contribution in [0, 0.1) is 0 Å². The van der Waals surface area contributed by atoms with E-state index in [4.69, 9.17) is 16.3 Å². The lowest BCUT2D eigenvalue weighted by atomic mass is 9.75. The summed E-state index contributed by atoms with van der Waals surface area (Å²) in [4.78, 5) is 0. The fourth-order valence-electron chi connectivity index (χ4n) is 3.24. The summed E-state index contributed by atoms with van der Waals surface area (Å²) in [5.41, 5.74) is 1.43. The van der Waals surface area contributed by atoms with E-state index in [0.29, 0.717) is 24.1 Å². The van der Waals surface area contributed by atoms with Crippen molar-refractivity contribution in [2.45, 2.75) is 56.7 Å². The van der Waals surface area contributed by atoms with Crippen molar-refractivity contribution in [3.05, 3.63) is 34.9 Å². The van der Waals surface area contributed by atoms with Crippen LogP contribution in [0.25, 0.3) is 0 Å². The van der Waals surface area contributed by atoms with E-state index >= 15 is 0 Å². The van der Waals surface area contributed by atoms with Gasteiger partial charge in [0.25, 0.3) is 0 Å². The van der Waals surface area contributed by atoms with Crippen LogP contribution in [0.1, 0.15) is 44.1 Å². The van der Waals surface area contributed by atoms with Crippen molar-refractivity contribution >= 4 is 11.6 Å². The number of hydrogen-bond acceptors (Lipinski definition) is 2. The Labute approximate surface area is 120 Å². The zero-order valence-electron chi connectivity index (χ0n) is 11.4. The summed E-state index contributed by atoms with van der Waals surface area (Å²) in [6.07, 6.45) is 5.24. The molecule has 1 heterocycles. The first-order valence-electron chi connectivity index (χ1n) is 7.34. The SMILES string of the molecule is CC1CC(NC2CC(c3ccc(Cl)cc3)C2)CCO1. The zero-order valence-corrected chi connectivity index (χ0v) is 12.2. The predicted octanol–water partition coefficient (Wildman–Crippen LogP) is 3.74. The van der Waals surface area contributed by atoms with Gasteiger partial charge in [-0.05, 0) is 56.2 Å². The maximum absolute atomic E-state index is 5.92. The number of rotatable bonds is 3. The first-order valence-corrected chi connectivity index (χ1v) is 7.71. The van der Waals surface area contributed by atoms with Crippen LogP contribution in [0.4, 0.5) is 0 Å². The highest BCUT2D eigenvalue weighted by Gasteiger charge is 2.32. The molecule has 3 heteroatoms. The maximum atomic E-state index is 5.92. The highest BCUT2D eigenvalue weighted by Crippen LogP contribution is 2.37. The van der Waals surface area contributed by atoms with E-state index in [0.717, 1.165) is 24.5 Å². The van der Waals surface area contributed by atoms with E-state index < -0.39 is 0 Å². The van der Waals surface area contributed by atoms with Crippen molar-refractivity contribution in [3.8, 4) is 0 Å². The lowest BCUT2D eigenvalue weighted by molar-refractivity contribution is 0.00851. The Kier molecular flexibility index (Phi) is 4.11. The molecule has 1 saturated heterocycles. The molecule has 0 amide bonds. The molecular formula is C16H22ClNO. The lowest BCUT2D eigenvalue weighted by Crippen LogP contribution is -2.48. The monoisotopic (exact) mass is 279 g/mol. The smallest absolute Gasteiger partial charge is 0.0561 e. The van der Waals surface area contributed by atoms with Gasteiger partial charge in [-0.15, -0.1) is 0 Å². The van der Waals surface area contributed by atoms with Crippen LogP contribution in [-0.4, -0.2) is 24.8 Å². The molecule has 1 saturated carbocycles. The van der Waals surface area contributed by atoms with Gasteiger partial charge in [0, 0.05) is 23.7 Å². The van der Waals surface area contributed by atoms with Crippen molar-refractivity contribution in [2.75, 3.05) is 6.61 Å². The lowest BCUT2D eigenvalue weighted by Gasteiger charge is -2.40. The van der Waals surface area contributed by atoms with Crippen LogP contribution in [0.3, 0.4) is 0 Å². The minimum absolute atomic E-state index is 0.415. The first-order chi connectivity index (χ1) is 9.20. The number of nitrogens with one attached hydrogen (secondary N) is 1. The molecule has 2 unspecified atom stereocenters. The molecule has 2 fully saturated rings. The fourth-order valence-corrected chi connectivity index (χ4v) is 3.37. The Bertz CT molecular complexity index is 413. The highest BCUT2D eigenvalue weighted by atomic mass is 35.5. The molecule has 0 bridgehead atoms. The number of halogens is 1. The van der Waals surface area contributed by atoms with Gasteiger partial charge in [-0.2, -0.15) is 0 Å². The highest BCUT2D eigenvalue weighted by molar-refractivity contribution is 6.30. The summed E-state index contributed by atoms with van der Waals surface area (Å²) >= 11 is 5.92. The van der Waals surface area contributed by atoms with Gasteiger partial charge in [0.1, 0.15) is 0 Å². The summed E-state index contributed by atoms with van der Waals surface area (Å²) in [5, 5.41) is 4.62. The van der Waals surface area contributed by atoms with E-state index in [1.165, 1.54) is 18.4 Å². The van der Waals surface area contributed by atoms with Crippen molar-refractivity contribution in [2.24, 2.45) is 0 Å². The average molecular weight is 280 g/mol. The fraction of sp³-hybridized carbons (Fsp3) is 0.625. The molecule has 0 aromatic heterocycles. The minimum atomic E-state index is 0.415. The van der Waals surface area contributed by atoms with E-state index in [2.05, 4.69) is 24.4 Å². The molecule has 0 spiro atoms. The largest absolute Gasteiger partial charge is 0.378 e. The molecule has 104 valence electrons. The summed E-state index contributed by atoms with van der Waals surface area (Å²) in [6, 6.07) is 9.67. The third kappa shape index (κ3) is 3.31. The molecule has 2 atom stereocenters. The van der Waals surface area contributed by atoms with Crippen molar-refractivity contribution < 1.29 is 4.74 Å². The summed E-state index contributed by atoms with van der Waals surface area (Å²) < 4.78 is 5.59. The van der Waals surface area contributed by atoms with E-state index in [9.17, 15) is 0 Å². The molecule has 1 aromatic carbocycles. The Hall–Kier alpha value is -0.570. The van der Waals surface area contributed by atoms with Gasteiger partial charge in [0.15, 0.2) is 0 Å². The Morgan fingerprint density at radius 2 is 1.84 bits per heavy atom. The van der Waals surface area contributed by atoms with Gasteiger partial charge in [-0.1, -0.05) is 23.7 Å². The standard InChI is InChI=1S/C16H22ClNO/c1-11-8-15(6-7-19-11)18-16-9-13(10-16)12-2-4-14(17)5-3-12/h2-5,11,13,15-16,18H,6-10H2,1H3. The van der Waals surface area contributed by atoms with Crippen molar-refractivity contribution in [3.63, 3.8) is 0 Å². The zero-order chi connectivity index (χ0) is 13.2. The topological polar surface area (TPSA) is 21.3 Å². The second-order valence-electron chi connectivity index (χ2n) is 5.99. The molecule has 1 aliphatic carbocycles. The molecule has 1 aromatic rings. The second kappa shape index (κ2) is 5.82.